The molecule has 31 heavy (non-hydrogen) atoms. The largest absolute Gasteiger partial charge is 0.508 e. The highest BCUT2D eigenvalue weighted by Crippen LogP contribution is 2.67. The second kappa shape index (κ2) is 8.18. The van der Waals surface area contributed by atoms with Gasteiger partial charge in [-0.25, -0.2) is 0 Å². The van der Waals surface area contributed by atoms with Gasteiger partial charge in [0.15, 0.2) is 5.79 Å². The number of phenols is 1. The van der Waals surface area contributed by atoms with Gasteiger partial charge in [-0.15, -0.1) is 0 Å². The molecule has 2 saturated carbocycles. The van der Waals surface area contributed by atoms with Crippen molar-refractivity contribution in [2.75, 3.05) is 47.1 Å². The molecule has 4 unspecified atom stereocenters. The first-order valence-electron chi connectivity index (χ1n) is 11.9. The highest BCUT2D eigenvalue weighted by Gasteiger charge is 2.65. The zero-order chi connectivity index (χ0) is 21.6. The highest BCUT2D eigenvalue weighted by atomic mass is 16.7. The quantitative estimate of drug-likeness (QED) is 0.566. The number of benzene rings is 1. The molecular weight excluding hydrogens is 390 g/mol. The fourth-order valence-electron chi connectivity index (χ4n) is 7.08. The summed E-state index contributed by atoms with van der Waals surface area (Å²) in [5, 5.41) is 10.1. The van der Waals surface area contributed by atoms with Crippen molar-refractivity contribution in [2.45, 2.75) is 50.7 Å². The third-order valence-electron chi connectivity index (χ3n) is 8.50. The van der Waals surface area contributed by atoms with Crippen molar-refractivity contribution in [3.63, 3.8) is 0 Å². The summed E-state index contributed by atoms with van der Waals surface area (Å²) < 4.78 is 18.6. The second-order valence-electron chi connectivity index (χ2n) is 10.4. The Bertz CT molecular complexity index is 844. The van der Waals surface area contributed by atoms with Gasteiger partial charge in [-0.05, 0) is 74.9 Å². The molecular formula is C26H37NO4. The Kier molecular flexibility index (Phi) is 5.66. The molecule has 0 bridgehead atoms. The van der Waals surface area contributed by atoms with Crippen molar-refractivity contribution < 1.29 is 19.3 Å². The second-order valence-corrected chi connectivity index (χ2v) is 10.4. The van der Waals surface area contributed by atoms with Crippen molar-refractivity contribution >= 4 is 0 Å². The molecule has 3 aliphatic carbocycles. The van der Waals surface area contributed by atoms with Gasteiger partial charge >= 0.3 is 0 Å². The minimum absolute atomic E-state index is 0.00849. The summed E-state index contributed by atoms with van der Waals surface area (Å²) in [4.78, 5) is 2.15. The molecule has 170 valence electrons. The zero-order valence-electron chi connectivity index (χ0n) is 19.2. The molecule has 1 aromatic carbocycles. The van der Waals surface area contributed by atoms with Gasteiger partial charge in [0.25, 0.3) is 0 Å². The fraction of sp³-hybridized carbons (Fsp3) is 0.692. The fourth-order valence-corrected chi connectivity index (χ4v) is 7.08. The van der Waals surface area contributed by atoms with Gasteiger partial charge < -0.3 is 24.2 Å². The van der Waals surface area contributed by atoms with E-state index in [-0.39, 0.29) is 5.41 Å². The number of hydrogen-bond donors (Lipinski definition) is 1. The number of aromatic hydroxyl groups is 1. The van der Waals surface area contributed by atoms with E-state index in [1.54, 1.807) is 0 Å². The van der Waals surface area contributed by atoms with E-state index in [0.717, 1.165) is 38.8 Å². The van der Waals surface area contributed by atoms with E-state index < -0.39 is 5.79 Å². The molecule has 5 heteroatoms. The van der Waals surface area contributed by atoms with Crippen LogP contribution < -0.4 is 0 Å². The Morgan fingerprint density at radius 2 is 2.03 bits per heavy atom. The number of nitrogens with zero attached hydrogens (tertiary/aromatic N) is 1. The number of ether oxygens (including phenoxy) is 3. The third kappa shape index (κ3) is 3.54. The SMILES string of the molecule is CN(C)CCOCC=C1CC2(C)C(CCC23OCCO3)C2CCc3cc(O)ccc3C12. The topological polar surface area (TPSA) is 51.2 Å². The number of rotatable bonds is 5. The average molecular weight is 428 g/mol. The maximum atomic E-state index is 10.1. The predicted molar refractivity (Wildman–Crippen MR) is 120 cm³/mol. The van der Waals surface area contributed by atoms with Crippen LogP contribution in [0.5, 0.6) is 5.75 Å². The van der Waals surface area contributed by atoms with Crippen LogP contribution >= 0.6 is 0 Å². The standard InChI is InChI=1S/C26H37NO4/c1-25-17-19(9-12-29-13-11-27(2)3)24-21-7-5-20(28)16-18(21)4-6-22(24)23(25)8-10-26(25)30-14-15-31-26/h5,7,9,16,22-24,28H,4,6,8,10-15,17H2,1-3H3. The molecule has 3 fully saturated rings. The molecule has 4 aliphatic rings. The molecule has 0 aromatic heterocycles. The average Bonchev–Trinajstić information content (AvgIpc) is 3.33. The first-order valence-corrected chi connectivity index (χ1v) is 11.9. The van der Waals surface area contributed by atoms with Gasteiger partial charge in [-0.2, -0.15) is 0 Å². The van der Waals surface area contributed by atoms with Crippen LogP contribution in [0.4, 0.5) is 0 Å². The van der Waals surface area contributed by atoms with E-state index in [9.17, 15) is 5.11 Å². The Balaban J connectivity index is 1.48. The number of allylic oxidation sites excluding steroid dienone is 1. The summed E-state index contributed by atoms with van der Waals surface area (Å²) in [6.07, 6.45) is 7.73. The van der Waals surface area contributed by atoms with E-state index in [2.05, 4.69) is 38.1 Å². The molecule has 1 aliphatic heterocycles. The molecule has 0 radical (unpaired) electrons. The highest BCUT2D eigenvalue weighted by molar-refractivity contribution is 5.45. The maximum absolute atomic E-state index is 10.1. The van der Waals surface area contributed by atoms with Gasteiger partial charge in [0.2, 0.25) is 0 Å². The van der Waals surface area contributed by atoms with E-state index >= 15 is 0 Å². The number of fused-ring (bicyclic) bond motifs is 6. The van der Waals surface area contributed by atoms with Crippen LogP contribution in [0.25, 0.3) is 0 Å². The molecule has 1 heterocycles. The van der Waals surface area contributed by atoms with Gasteiger partial charge in [0.1, 0.15) is 5.75 Å². The third-order valence-corrected chi connectivity index (χ3v) is 8.50. The van der Waals surface area contributed by atoms with Crippen molar-refractivity contribution in [1.29, 1.82) is 0 Å². The van der Waals surface area contributed by atoms with Crippen LogP contribution in [-0.2, 0) is 20.6 Å². The molecule has 1 aromatic rings. The lowest BCUT2D eigenvalue weighted by atomic mass is 9.53. The van der Waals surface area contributed by atoms with E-state index in [0.29, 0.717) is 43.3 Å². The predicted octanol–water partition coefficient (Wildman–Crippen LogP) is 4.11. The molecule has 0 amide bonds. The summed E-state index contributed by atoms with van der Waals surface area (Å²) in [6.45, 7) is 6.16. The van der Waals surface area contributed by atoms with Gasteiger partial charge in [0.05, 0.1) is 26.4 Å². The molecule has 1 spiro atoms. The van der Waals surface area contributed by atoms with Crippen LogP contribution in [0.3, 0.4) is 0 Å². The van der Waals surface area contributed by atoms with E-state index in [1.165, 1.54) is 23.1 Å². The smallest absolute Gasteiger partial charge is 0.174 e. The van der Waals surface area contributed by atoms with Crippen molar-refractivity contribution in [3.05, 3.63) is 41.0 Å². The number of hydrogen-bond acceptors (Lipinski definition) is 5. The maximum Gasteiger partial charge on any atom is 0.174 e. The zero-order valence-corrected chi connectivity index (χ0v) is 19.2. The Morgan fingerprint density at radius 1 is 1.23 bits per heavy atom. The summed E-state index contributed by atoms with van der Waals surface area (Å²) in [5.41, 5.74) is 4.20. The summed E-state index contributed by atoms with van der Waals surface area (Å²) in [7, 11) is 4.15. The van der Waals surface area contributed by atoms with Crippen LogP contribution in [0.2, 0.25) is 0 Å². The Labute approximate surface area is 186 Å². The lowest BCUT2D eigenvalue weighted by Gasteiger charge is -2.54. The lowest BCUT2D eigenvalue weighted by Crippen LogP contribution is -2.52. The lowest BCUT2D eigenvalue weighted by molar-refractivity contribution is -0.232. The van der Waals surface area contributed by atoms with Crippen molar-refractivity contribution in [3.8, 4) is 5.75 Å². The summed E-state index contributed by atoms with van der Waals surface area (Å²) in [5.74, 6) is 1.57. The molecule has 1 N–H and O–H groups in total. The summed E-state index contributed by atoms with van der Waals surface area (Å²) in [6, 6.07) is 6.00. The van der Waals surface area contributed by atoms with Crippen molar-refractivity contribution in [2.24, 2.45) is 17.3 Å². The number of likely N-dealkylation sites (N-methyl/N-ethyl adjacent to an activating group) is 1. The molecule has 5 nitrogen and oxygen atoms in total. The van der Waals surface area contributed by atoms with Gasteiger partial charge in [-0.1, -0.05) is 24.6 Å². The number of aryl methyl sites for hydroxylation is 1. The van der Waals surface area contributed by atoms with Crippen molar-refractivity contribution in [1.82, 2.24) is 4.90 Å². The van der Waals surface area contributed by atoms with E-state index in [1.807, 2.05) is 12.1 Å². The molecule has 5 rings (SSSR count). The van der Waals surface area contributed by atoms with Crippen LogP contribution in [0.15, 0.2) is 29.8 Å². The Morgan fingerprint density at radius 3 is 2.81 bits per heavy atom. The summed E-state index contributed by atoms with van der Waals surface area (Å²) >= 11 is 0. The first-order chi connectivity index (χ1) is 14.9. The Hall–Kier alpha value is -1.40. The number of phenolic OH excluding ortho intramolecular Hbond substituents is 1. The van der Waals surface area contributed by atoms with Crippen LogP contribution in [0, 0.1) is 17.3 Å². The van der Waals surface area contributed by atoms with Crippen LogP contribution in [-0.4, -0.2) is 62.9 Å². The van der Waals surface area contributed by atoms with Gasteiger partial charge in [-0.3, -0.25) is 0 Å². The van der Waals surface area contributed by atoms with E-state index in [4.69, 9.17) is 14.2 Å². The molecule has 4 atom stereocenters. The van der Waals surface area contributed by atoms with Crippen LogP contribution in [0.1, 0.15) is 49.7 Å². The normalized spacial score (nSPS) is 34.8. The molecule has 1 saturated heterocycles. The minimum atomic E-state index is -0.414. The monoisotopic (exact) mass is 427 g/mol. The first kappa shape index (κ1) is 21.4. The van der Waals surface area contributed by atoms with Gasteiger partial charge in [0, 0.05) is 24.3 Å². The minimum Gasteiger partial charge on any atom is -0.508 e.